The Morgan fingerprint density at radius 2 is 2.06 bits per heavy atom. The highest BCUT2D eigenvalue weighted by Crippen LogP contribution is 2.32. The Bertz CT molecular complexity index is 263. The van der Waals surface area contributed by atoms with E-state index in [1.54, 1.807) is 0 Å². The van der Waals surface area contributed by atoms with Crippen molar-refractivity contribution in [3.63, 3.8) is 0 Å². The number of rotatable bonds is 3. The standard InChI is InChI=1S/C13H25N3O/c1-10-3-2-4-11(9-10)12(13(14)17)16-7-5-15-6-8-16/h10-12,15H,2-9H2,1H3,(H2,14,17). The first-order valence-electron chi connectivity index (χ1n) is 6.92. The molecule has 1 aliphatic heterocycles. The molecule has 3 atom stereocenters. The molecule has 17 heavy (non-hydrogen) atoms. The highest BCUT2D eigenvalue weighted by atomic mass is 16.1. The third-order valence-electron chi connectivity index (χ3n) is 4.26. The molecule has 1 saturated carbocycles. The summed E-state index contributed by atoms with van der Waals surface area (Å²) >= 11 is 0. The van der Waals surface area contributed by atoms with Crippen LogP contribution < -0.4 is 11.1 Å². The van der Waals surface area contributed by atoms with Crippen molar-refractivity contribution in [3.8, 4) is 0 Å². The molecule has 1 saturated heterocycles. The van der Waals surface area contributed by atoms with Gasteiger partial charge < -0.3 is 11.1 Å². The summed E-state index contributed by atoms with van der Waals surface area (Å²) in [6.07, 6.45) is 4.89. The second-order valence-corrected chi connectivity index (χ2v) is 5.67. The average molecular weight is 239 g/mol. The van der Waals surface area contributed by atoms with Gasteiger partial charge in [0.1, 0.15) is 0 Å². The number of carbonyl (C=O) groups excluding carboxylic acids is 1. The first-order chi connectivity index (χ1) is 8.18. The quantitative estimate of drug-likeness (QED) is 0.757. The number of nitrogens with zero attached hydrogens (tertiary/aromatic N) is 1. The molecule has 3 N–H and O–H groups in total. The molecule has 1 aliphatic carbocycles. The molecule has 0 aromatic heterocycles. The molecule has 1 amide bonds. The fourth-order valence-corrected chi connectivity index (χ4v) is 3.44. The van der Waals surface area contributed by atoms with Crippen LogP contribution in [0.1, 0.15) is 32.6 Å². The van der Waals surface area contributed by atoms with Gasteiger partial charge >= 0.3 is 0 Å². The maximum atomic E-state index is 11.8. The maximum absolute atomic E-state index is 11.8. The van der Waals surface area contributed by atoms with Crippen molar-refractivity contribution in [3.05, 3.63) is 0 Å². The Morgan fingerprint density at radius 3 is 2.65 bits per heavy atom. The zero-order valence-corrected chi connectivity index (χ0v) is 10.8. The van der Waals surface area contributed by atoms with Crippen molar-refractivity contribution in [2.24, 2.45) is 17.6 Å². The minimum atomic E-state index is -0.119. The molecule has 0 bridgehead atoms. The van der Waals surface area contributed by atoms with E-state index in [4.69, 9.17) is 5.73 Å². The molecular weight excluding hydrogens is 214 g/mol. The highest BCUT2D eigenvalue weighted by Gasteiger charge is 2.34. The van der Waals surface area contributed by atoms with Gasteiger partial charge in [0, 0.05) is 26.2 Å². The number of nitrogens with one attached hydrogen (secondary N) is 1. The lowest BCUT2D eigenvalue weighted by molar-refractivity contribution is -0.126. The van der Waals surface area contributed by atoms with Crippen molar-refractivity contribution >= 4 is 5.91 Å². The van der Waals surface area contributed by atoms with Crippen molar-refractivity contribution in [1.82, 2.24) is 10.2 Å². The number of nitrogens with two attached hydrogens (primary N) is 1. The van der Waals surface area contributed by atoms with Crippen LogP contribution in [0.5, 0.6) is 0 Å². The molecule has 4 nitrogen and oxygen atoms in total. The molecule has 3 unspecified atom stereocenters. The van der Waals surface area contributed by atoms with Crippen LogP contribution in [0.4, 0.5) is 0 Å². The molecule has 2 rings (SSSR count). The third kappa shape index (κ3) is 3.19. The number of hydrogen-bond acceptors (Lipinski definition) is 3. The number of carbonyl (C=O) groups is 1. The summed E-state index contributed by atoms with van der Waals surface area (Å²) in [7, 11) is 0. The largest absolute Gasteiger partial charge is 0.368 e. The van der Waals surface area contributed by atoms with Gasteiger partial charge in [-0.15, -0.1) is 0 Å². The van der Waals surface area contributed by atoms with E-state index >= 15 is 0 Å². The topological polar surface area (TPSA) is 58.4 Å². The van der Waals surface area contributed by atoms with Gasteiger partial charge in [-0.05, 0) is 24.7 Å². The van der Waals surface area contributed by atoms with Crippen molar-refractivity contribution in [2.45, 2.75) is 38.6 Å². The summed E-state index contributed by atoms with van der Waals surface area (Å²) in [6.45, 7) is 6.16. The van der Waals surface area contributed by atoms with Gasteiger partial charge in [-0.2, -0.15) is 0 Å². The second kappa shape index (κ2) is 5.83. The van der Waals surface area contributed by atoms with Crippen LogP contribution >= 0.6 is 0 Å². The molecular formula is C13H25N3O. The number of primary amides is 1. The summed E-state index contributed by atoms with van der Waals surface area (Å²) in [5, 5.41) is 3.33. The number of hydrogen-bond donors (Lipinski definition) is 2. The van der Waals surface area contributed by atoms with Gasteiger partial charge in [0.05, 0.1) is 6.04 Å². The SMILES string of the molecule is CC1CCCC(C(C(N)=O)N2CCNCC2)C1. The van der Waals surface area contributed by atoms with Gasteiger partial charge in [0.15, 0.2) is 0 Å². The van der Waals surface area contributed by atoms with Crippen LogP contribution in [-0.4, -0.2) is 43.0 Å². The monoisotopic (exact) mass is 239 g/mol. The molecule has 0 radical (unpaired) electrons. The van der Waals surface area contributed by atoms with E-state index in [1.807, 2.05) is 0 Å². The van der Waals surface area contributed by atoms with Gasteiger partial charge in [0.2, 0.25) is 5.91 Å². The fraction of sp³-hybridized carbons (Fsp3) is 0.923. The van der Waals surface area contributed by atoms with E-state index < -0.39 is 0 Å². The summed E-state index contributed by atoms with van der Waals surface area (Å²) in [5.74, 6) is 1.11. The summed E-state index contributed by atoms with van der Waals surface area (Å²) in [5.41, 5.74) is 5.64. The summed E-state index contributed by atoms with van der Waals surface area (Å²) in [4.78, 5) is 14.1. The maximum Gasteiger partial charge on any atom is 0.235 e. The fourth-order valence-electron chi connectivity index (χ4n) is 3.44. The van der Waals surface area contributed by atoms with E-state index in [2.05, 4.69) is 17.1 Å². The molecule has 0 spiro atoms. The Kier molecular flexibility index (Phi) is 4.40. The zero-order valence-electron chi connectivity index (χ0n) is 10.8. The van der Waals surface area contributed by atoms with Crippen molar-refractivity contribution in [1.29, 1.82) is 0 Å². The van der Waals surface area contributed by atoms with Crippen LogP contribution in [0.25, 0.3) is 0 Å². The normalized spacial score (nSPS) is 33.2. The van der Waals surface area contributed by atoms with Crippen LogP contribution in [0.2, 0.25) is 0 Å². The lowest BCUT2D eigenvalue weighted by Crippen LogP contribution is -2.56. The van der Waals surface area contributed by atoms with Gasteiger partial charge in [-0.25, -0.2) is 0 Å². The first-order valence-corrected chi connectivity index (χ1v) is 6.92. The Morgan fingerprint density at radius 1 is 1.35 bits per heavy atom. The predicted molar refractivity (Wildman–Crippen MR) is 68.5 cm³/mol. The molecule has 2 aliphatic rings. The third-order valence-corrected chi connectivity index (χ3v) is 4.26. The molecule has 1 heterocycles. The predicted octanol–water partition coefficient (Wildman–Crippen LogP) is 0.572. The molecule has 98 valence electrons. The number of piperazine rings is 1. The highest BCUT2D eigenvalue weighted by molar-refractivity contribution is 5.80. The van der Waals surface area contributed by atoms with Gasteiger partial charge in [-0.1, -0.05) is 19.8 Å². The minimum Gasteiger partial charge on any atom is -0.368 e. The van der Waals surface area contributed by atoms with E-state index in [9.17, 15) is 4.79 Å². The van der Waals surface area contributed by atoms with Crippen LogP contribution in [-0.2, 0) is 4.79 Å². The van der Waals surface area contributed by atoms with Gasteiger partial charge in [-0.3, -0.25) is 9.69 Å². The van der Waals surface area contributed by atoms with Gasteiger partial charge in [0.25, 0.3) is 0 Å². The second-order valence-electron chi connectivity index (χ2n) is 5.67. The molecule has 0 aromatic carbocycles. The summed E-state index contributed by atoms with van der Waals surface area (Å²) in [6, 6.07) is -0.0279. The smallest absolute Gasteiger partial charge is 0.235 e. The average Bonchev–Trinajstić information content (AvgIpc) is 2.30. The lowest BCUT2D eigenvalue weighted by Gasteiger charge is -2.40. The molecule has 4 heteroatoms. The summed E-state index contributed by atoms with van der Waals surface area (Å²) < 4.78 is 0. The van der Waals surface area contributed by atoms with Crippen molar-refractivity contribution in [2.75, 3.05) is 26.2 Å². The van der Waals surface area contributed by atoms with E-state index in [1.165, 1.54) is 19.3 Å². The number of amides is 1. The van der Waals surface area contributed by atoms with E-state index in [-0.39, 0.29) is 11.9 Å². The van der Waals surface area contributed by atoms with E-state index in [0.717, 1.165) is 38.5 Å². The van der Waals surface area contributed by atoms with Crippen LogP contribution in [0.3, 0.4) is 0 Å². The minimum absolute atomic E-state index is 0.0279. The Balaban J connectivity index is 2.02. The lowest BCUT2D eigenvalue weighted by atomic mass is 9.77. The van der Waals surface area contributed by atoms with Crippen molar-refractivity contribution < 1.29 is 4.79 Å². The van der Waals surface area contributed by atoms with Crippen LogP contribution in [0.15, 0.2) is 0 Å². The molecule has 0 aromatic rings. The first kappa shape index (κ1) is 12.8. The Labute approximate surface area is 104 Å². The zero-order chi connectivity index (χ0) is 12.3. The van der Waals surface area contributed by atoms with E-state index in [0.29, 0.717) is 5.92 Å². The Hall–Kier alpha value is -0.610. The molecule has 2 fully saturated rings. The van der Waals surface area contributed by atoms with Crippen LogP contribution in [0, 0.1) is 11.8 Å².